The number of aromatic nitrogens is 2. The highest BCUT2D eigenvalue weighted by Gasteiger charge is 2.28. The van der Waals surface area contributed by atoms with Gasteiger partial charge in [0, 0.05) is 32.2 Å². The molecule has 0 radical (unpaired) electrons. The van der Waals surface area contributed by atoms with Crippen molar-refractivity contribution in [3.05, 3.63) is 52.2 Å². The van der Waals surface area contributed by atoms with Crippen LogP contribution in [0.5, 0.6) is 5.75 Å². The number of anilines is 1. The Morgan fingerprint density at radius 1 is 1.34 bits per heavy atom. The fourth-order valence-corrected chi connectivity index (χ4v) is 3.53. The van der Waals surface area contributed by atoms with Crippen LogP contribution in [0.15, 0.2) is 35.3 Å². The van der Waals surface area contributed by atoms with E-state index in [4.69, 9.17) is 4.74 Å². The van der Waals surface area contributed by atoms with Gasteiger partial charge >= 0.3 is 0 Å². The Hall–Kier alpha value is -2.90. The summed E-state index contributed by atoms with van der Waals surface area (Å²) in [6.07, 6.45) is 3.16. The van der Waals surface area contributed by atoms with Crippen molar-refractivity contribution in [3.63, 3.8) is 0 Å². The molecule has 29 heavy (non-hydrogen) atoms. The average Bonchev–Trinajstić information content (AvgIpc) is 2.72. The predicted molar refractivity (Wildman–Crippen MR) is 109 cm³/mol. The topological polar surface area (TPSA) is 67.7 Å². The van der Waals surface area contributed by atoms with Gasteiger partial charge in [-0.3, -0.25) is 9.59 Å². The molecule has 156 valence electrons. The first-order valence-corrected chi connectivity index (χ1v) is 9.76. The summed E-state index contributed by atoms with van der Waals surface area (Å²) in [6, 6.07) is 5.48. The molecule has 8 heteroatoms. The van der Waals surface area contributed by atoms with E-state index in [2.05, 4.69) is 5.10 Å². The molecule has 7 nitrogen and oxygen atoms in total. The van der Waals surface area contributed by atoms with Crippen LogP contribution in [-0.4, -0.2) is 53.9 Å². The minimum atomic E-state index is -0.495. The van der Waals surface area contributed by atoms with Crippen LogP contribution in [0.3, 0.4) is 0 Å². The predicted octanol–water partition coefficient (Wildman–Crippen LogP) is 2.71. The molecule has 1 saturated heterocycles. The van der Waals surface area contributed by atoms with Gasteiger partial charge in [-0.1, -0.05) is 0 Å². The fraction of sp³-hybridized carbons (Fsp3) is 0.476. The number of methoxy groups -OCH3 is 1. The number of hydrogen-bond donors (Lipinski definition) is 0. The van der Waals surface area contributed by atoms with Gasteiger partial charge in [0.2, 0.25) is 0 Å². The molecule has 1 aromatic carbocycles. The Balaban J connectivity index is 1.82. The number of piperidine rings is 1. The van der Waals surface area contributed by atoms with Gasteiger partial charge in [-0.25, -0.2) is 9.07 Å². The van der Waals surface area contributed by atoms with Crippen LogP contribution in [0.4, 0.5) is 10.1 Å². The highest BCUT2D eigenvalue weighted by Crippen LogP contribution is 2.26. The molecule has 1 aromatic heterocycles. The first kappa shape index (κ1) is 20.8. The van der Waals surface area contributed by atoms with Crippen LogP contribution in [0, 0.1) is 5.82 Å². The zero-order chi connectivity index (χ0) is 21.1. The number of likely N-dealkylation sites (tertiary alicyclic amines) is 1. The number of rotatable bonds is 5. The third kappa shape index (κ3) is 4.41. The first-order chi connectivity index (χ1) is 13.8. The van der Waals surface area contributed by atoms with Crippen LogP contribution < -0.4 is 15.2 Å². The molecule has 0 aliphatic carbocycles. The monoisotopic (exact) mass is 402 g/mol. The molecule has 0 spiro atoms. The summed E-state index contributed by atoms with van der Waals surface area (Å²) >= 11 is 0. The molecule has 0 bridgehead atoms. The SMILES string of the molecule is COc1ccc(F)cc1C(=O)N1CCC[C@H](n2ncc(N(C)C(C)C)cc2=O)C1. The van der Waals surface area contributed by atoms with Gasteiger partial charge in [0.15, 0.2) is 0 Å². The molecule has 1 atom stereocenters. The standard InChI is InChI=1S/C21H27FN4O3/c1-14(2)24(3)17-11-20(27)26(23-12-17)16-6-5-9-25(13-16)21(28)18-10-15(22)7-8-19(18)29-4/h7-8,10-12,14,16H,5-6,9,13H2,1-4H3/t16-/m0/s1. The summed E-state index contributed by atoms with van der Waals surface area (Å²) in [7, 11) is 3.36. The quantitative estimate of drug-likeness (QED) is 0.769. The number of ether oxygens (including phenoxy) is 1. The van der Waals surface area contributed by atoms with Gasteiger partial charge in [0.05, 0.1) is 30.6 Å². The molecule has 1 aliphatic rings. The second-order valence-corrected chi connectivity index (χ2v) is 7.59. The second kappa shape index (κ2) is 8.63. The molecule has 0 N–H and O–H groups in total. The number of benzene rings is 1. The van der Waals surface area contributed by atoms with Crippen molar-refractivity contribution in [1.29, 1.82) is 0 Å². The molecule has 1 amide bonds. The van der Waals surface area contributed by atoms with E-state index >= 15 is 0 Å². The van der Waals surface area contributed by atoms with Crippen molar-refractivity contribution in [2.45, 2.75) is 38.8 Å². The maximum atomic E-state index is 13.7. The van der Waals surface area contributed by atoms with E-state index < -0.39 is 5.82 Å². The van der Waals surface area contributed by atoms with Crippen molar-refractivity contribution in [3.8, 4) is 5.75 Å². The van der Waals surface area contributed by atoms with Crippen LogP contribution in [0.25, 0.3) is 0 Å². The number of carbonyl (C=O) groups is 1. The molecular weight excluding hydrogens is 375 g/mol. The Morgan fingerprint density at radius 3 is 2.76 bits per heavy atom. The largest absolute Gasteiger partial charge is 0.496 e. The van der Waals surface area contributed by atoms with E-state index in [-0.39, 0.29) is 29.1 Å². The van der Waals surface area contributed by atoms with E-state index in [9.17, 15) is 14.0 Å². The summed E-state index contributed by atoms with van der Waals surface area (Å²) in [5.41, 5.74) is 0.745. The van der Waals surface area contributed by atoms with Gasteiger partial charge in [-0.15, -0.1) is 0 Å². The Morgan fingerprint density at radius 2 is 2.10 bits per heavy atom. The van der Waals surface area contributed by atoms with Gasteiger partial charge in [0.25, 0.3) is 11.5 Å². The van der Waals surface area contributed by atoms with Gasteiger partial charge in [-0.2, -0.15) is 5.10 Å². The smallest absolute Gasteiger partial charge is 0.269 e. The summed E-state index contributed by atoms with van der Waals surface area (Å²) in [6.45, 7) is 4.95. The molecule has 1 aliphatic heterocycles. The minimum Gasteiger partial charge on any atom is -0.496 e. The summed E-state index contributed by atoms with van der Waals surface area (Å²) in [4.78, 5) is 29.2. The normalized spacial score (nSPS) is 16.8. The number of nitrogens with zero attached hydrogens (tertiary/aromatic N) is 4. The van der Waals surface area contributed by atoms with E-state index in [0.717, 1.165) is 18.5 Å². The molecule has 1 fully saturated rings. The minimum absolute atomic E-state index is 0.183. The second-order valence-electron chi connectivity index (χ2n) is 7.59. The average molecular weight is 402 g/mol. The van der Waals surface area contributed by atoms with E-state index in [0.29, 0.717) is 18.8 Å². The molecule has 0 unspecified atom stereocenters. The lowest BCUT2D eigenvalue weighted by Crippen LogP contribution is -2.43. The maximum absolute atomic E-state index is 13.7. The molecule has 2 heterocycles. The van der Waals surface area contributed by atoms with Crippen molar-refractivity contribution in [2.24, 2.45) is 0 Å². The van der Waals surface area contributed by atoms with Crippen LogP contribution >= 0.6 is 0 Å². The van der Waals surface area contributed by atoms with E-state index in [1.165, 1.54) is 30.0 Å². The van der Waals surface area contributed by atoms with Crippen LogP contribution in [0.2, 0.25) is 0 Å². The van der Waals surface area contributed by atoms with E-state index in [1.807, 2.05) is 25.8 Å². The third-order valence-corrected chi connectivity index (χ3v) is 5.41. The van der Waals surface area contributed by atoms with Crippen molar-refractivity contribution in [2.75, 3.05) is 32.1 Å². The zero-order valence-electron chi connectivity index (χ0n) is 17.3. The lowest BCUT2D eigenvalue weighted by atomic mass is 10.0. The Bertz CT molecular complexity index is 944. The van der Waals surface area contributed by atoms with Crippen LogP contribution in [-0.2, 0) is 0 Å². The van der Waals surface area contributed by atoms with Crippen LogP contribution in [0.1, 0.15) is 43.1 Å². The summed E-state index contributed by atoms with van der Waals surface area (Å²) in [5, 5.41) is 4.36. The lowest BCUT2D eigenvalue weighted by molar-refractivity contribution is 0.0666. The van der Waals surface area contributed by atoms with Gasteiger partial charge in [0.1, 0.15) is 11.6 Å². The lowest BCUT2D eigenvalue weighted by Gasteiger charge is -2.33. The molecule has 0 saturated carbocycles. The highest BCUT2D eigenvalue weighted by atomic mass is 19.1. The number of amides is 1. The maximum Gasteiger partial charge on any atom is 0.269 e. The van der Waals surface area contributed by atoms with Crippen molar-refractivity contribution < 1.29 is 13.9 Å². The molecule has 3 rings (SSSR count). The zero-order valence-corrected chi connectivity index (χ0v) is 17.3. The van der Waals surface area contributed by atoms with E-state index in [1.54, 1.807) is 17.2 Å². The van der Waals surface area contributed by atoms with Crippen molar-refractivity contribution >= 4 is 11.6 Å². The number of halogens is 1. The number of carbonyl (C=O) groups excluding carboxylic acids is 1. The molecular formula is C21H27FN4O3. The highest BCUT2D eigenvalue weighted by molar-refractivity contribution is 5.97. The Labute approximate surface area is 169 Å². The van der Waals surface area contributed by atoms with Gasteiger partial charge < -0.3 is 14.5 Å². The number of hydrogen-bond acceptors (Lipinski definition) is 5. The van der Waals surface area contributed by atoms with Gasteiger partial charge in [-0.05, 0) is 44.9 Å². The summed E-state index contributed by atoms with van der Waals surface area (Å²) < 4.78 is 20.3. The fourth-order valence-electron chi connectivity index (χ4n) is 3.53. The van der Waals surface area contributed by atoms with Crippen molar-refractivity contribution in [1.82, 2.24) is 14.7 Å². The molecule has 2 aromatic rings. The Kier molecular flexibility index (Phi) is 6.20. The third-order valence-electron chi connectivity index (χ3n) is 5.41. The first-order valence-electron chi connectivity index (χ1n) is 9.76. The summed E-state index contributed by atoms with van der Waals surface area (Å²) in [5.74, 6) is -0.476.